The fourth-order valence-electron chi connectivity index (χ4n) is 2.21. The van der Waals surface area contributed by atoms with Crippen LogP contribution < -0.4 is 5.56 Å². The molecule has 0 aliphatic heterocycles. The third-order valence-corrected chi connectivity index (χ3v) is 3.49. The molecule has 0 amide bonds. The molecule has 1 fully saturated rings. The van der Waals surface area contributed by atoms with Crippen molar-refractivity contribution in [3.05, 3.63) is 33.2 Å². The van der Waals surface area contributed by atoms with Gasteiger partial charge in [-0.15, -0.1) is 0 Å². The van der Waals surface area contributed by atoms with Crippen molar-refractivity contribution in [3.63, 3.8) is 0 Å². The first kappa shape index (κ1) is 13.8. The summed E-state index contributed by atoms with van der Waals surface area (Å²) in [6, 6.07) is 1.37. The van der Waals surface area contributed by atoms with Crippen LogP contribution in [-0.4, -0.2) is 28.9 Å². The number of carboxylic acids is 1. The normalized spacial score (nSPS) is 14.6. The van der Waals surface area contributed by atoms with Gasteiger partial charge in [0.2, 0.25) is 0 Å². The average molecular weight is 265 g/mol. The van der Waals surface area contributed by atoms with Gasteiger partial charge >= 0.3 is 5.97 Å². The molecule has 0 spiro atoms. The smallest absolute Gasteiger partial charge is 0.337 e. The number of ether oxygens (including phenoxy) is 1. The molecule has 0 saturated heterocycles. The van der Waals surface area contributed by atoms with Crippen molar-refractivity contribution in [1.82, 2.24) is 4.57 Å². The minimum absolute atomic E-state index is 0.171. The summed E-state index contributed by atoms with van der Waals surface area (Å²) in [5.74, 6) is -0.312. The zero-order valence-electron chi connectivity index (χ0n) is 11.3. The highest BCUT2D eigenvalue weighted by Gasteiger charge is 2.21. The molecule has 1 aliphatic rings. The van der Waals surface area contributed by atoms with Crippen LogP contribution in [0.15, 0.2) is 10.9 Å². The lowest BCUT2D eigenvalue weighted by atomic mass is 10.1. The Kier molecular flexibility index (Phi) is 4.04. The second kappa shape index (κ2) is 5.57. The largest absolute Gasteiger partial charge is 0.478 e. The van der Waals surface area contributed by atoms with Gasteiger partial charge < -0.3 is 14.4 Å². The standard InChI is InChI=1S/C14H19NO4/c1-9-7-12(16)15(10(2)13(9)14(17)18)5-6-19-8-11-3-4-11/h7,11H,3-6,8H2,1-2H3,(H,17,18). The van der Waals surface area contributed by atoms with Gasteiger partial charge in [0.15, 0.2) is 0 Å². The molecule has 19 heavy (non-hydrogen) atoms. The van der Waals surface area contributed by atoms with Crippen LogP contribution in [0.2, 0.25) is 0 Å². The summed E-state index contributed by atoms with van der Waals surface area (Å²) in [5, 5.41) is 9.17. The van der Waals surface area contributed by atoms with E-state index in [2.05, 4.69) is 0 Å². The molecule has 2 rings (SSSR count). The van der Waals surface area contributed by atoms with Crippen LogP contribution in [0.3, 0.4) is 0 Å². The van der Waals surface area contributed by atoms with Gasteiger partial charge in [-0.05, 0) is 38.2 Å². The minimum atomic E-state index is -0.998. The number of rotatable bonds is 6. The lowest BCUT2D eigenvalue weighted by Crippen LogP contribution is -2.27. The van der Waals surface area contributed by atoms with Crippen LogP contribution in [0, 0.1) is 19.8 Å². The average Bonchev–Trinajstić information content (AvgIpc) is 3.10. The van der Waals surface area contributed by atoms with E-state index in [9.17, 15) is 9.59 Å². The van der Waals surface area contributed by atoms with Crippen molar-refractivity contribution in [2.75, 3.05) is 13.2 Å². The number of carboxylic acid groups (broad SMARTS) is 1. The van der Waals surface area contributed by atoms with Gasteiger partial charge in [-0.25, -0.2) is 4.79 Å². The molecule has 0 bridgehead atoms. The van der Waals surface area contributed by atoms with E-state index in [4.69, 9.17) is 9.84 Å². The fraction of sp³-hybridized carbons (Fsp3) is 0.571. The highest BCUT2D eigenvalue weighted by Crippen LogP contribution is 2.28. The molecular weight excluding hydrogens is 246 g/mol. The molecule has 1 heterocycles. The van der Waals surface area contributed by atoms with E-state index >= 15 is 0 Å². The maximum Gasteiger partial charge on any atom is 0.337 e. The number of nitrogens with zero attached hydrogens (tertiary/aromatic N) is 1. The summed E-state index contributed by atoms with van der Waals surface area (Å²) in [6.07, 6.45) is 2.46. The molecule has 1 aromatic heterocycles. The van der Waals surface area contributed by atoms with Gasteiger partial charge in [0.25, 0.3) is 5.56 Å². The number of pyridine rings is 1. The maximum atomic E-state index is 11.9. The van der Waals surface area contributed by atoms with Crippen molar-refractivity contribution >= 4 is 5.97 Å². The van der Waals surface area contributed by atoms with Gasteiger partial charge in [-0.1, -0.05) is 0 Å². The van der Waals surface area contributed by atoms with Crippen LogP contribution in [0.25, 0.3) is 0 Å². The maximum absolute atomic E-state index is 11.9. The van der Waals surface area contributed by atoms with Gasteiger partial charge in [0, 0.05) is 24.9 Å². The van der Waals surface area contributed by atoms with Crippen molar-refractivity contribution in [1.29, 1.82) is 0 Å². The Morgan fingerprint density at radius 1 is 1.47 bits per heavy atom. The van der Waals surface area contributed by atoms with E-state index in [0.717, 1.165) is 6.61 Å². The number of aryl methyl sites for hydroxylation is 1. The first-order chi connectivity index (χ1) is 9.00. The van der Waals surface area contributed by atoms with Crippen LogP contribution in [-0.2, 0) is 11.3 Å². The zero-order chi connectivity index (χ0) is 14.0. The molecule has 0 unspecified atom stereocenters. The lowest BCUT2D eigenvalue weighted by Gasteiger charge is -2.14. The van der Waals surface area contributed by atoms with Crippen LogP contribution >= 0.6 is 0 Å². The molecule has 0 atom stereocenters. The molecule has 1 N–H and O–H groups in total. The van der Waals surface area contributed by atoms with E-state index < -0.39 is 5.97 Å². The molecule has 5 nitrogen and oxygen atoms in total. The first-order valence-electron chi connectivity index (χ1n) is 6.52. The van der Waals surface area contributed by atoms with E-state index in [1.54, 1.807) is 13.8 Å². The second-order valence-electron chi connectivity index (χ2n) is 5.10. The van der Waals surface area contributed by atoms with Crippen LogP contribution in [0.4, 0.5) is 0 Å². The Balaban J connectivity index is 2.11. The van der Waals surface area contributed by atoms with E-state index in [-0.39, 0.29) is 11.1 Å². The Morgan fingerprint density at radius 3 is 2.74 bits per heavy atom. The molecule has 0 radical (unpaired) electrons. The molecular formula is C14H19NO4. The first-order valence-corrected chi connectivity index (χ1v) is 6.52. The number of aromatic carboxylic acids is 1. The number of carbonyl (C=O) groups is 1. The molecule has 1 saturated carbocycles. The Morgan fingerprint density at radius 2 is 2.16 bits per heavy atom. The van der Waals surface area contributed by atoms with Crippen molar-refractivity contribution in [2.45, 2.75) is 33.2 Å². The van der Waals surface area contributed by atoms with Gasteiger partial charge in [0.05, 0.1) is 12.2 Å². The minimum Gasteiger partial charge on any atom is -0.478 e. The summed E-state index contributed by atoms with van der Waals surface area (Å²) in [6.45, 7) is 4.90. The lowest BCUT2D eigenvalue weighted by molar-refractivity contribution is 0.0693. The summed E-state index contributed by atoms with van der Waals surface area (Å²) in [7, 11) is 0. The van der Waals surface area contributed by atoms with E-state index in [0.29, 0.717) is 30.3 Å². The SMILES string of the molecule is Cc1cc(=O)n(CCOCC2CC2)c(C)c1C(=O)O. The van der Waals surface area contributed by atoms with E-state index in [1.165, 1.54) is 23.5 Å². The monoisotopic (exact) mass is 265 g/mol. The predicted molar refractivity (Wildman–Crippen MR) is 70.7 cm³/mol. The number of hydrogen-bond acceptors (Lipinski definition) is 3. The van der Waals surface area contributed by atoms with Crippen molar-refractivity contribution in [3.8, 4) is 0 Å². The summed E-state index contributed by atoms with van der Waals surface area (Å²) >= 11 is 0. The Labute approximate surface area is 111 Å². The Bertz CT molecular complexity index is 543. The molecule has 1 aliphatic carbocycles. The number of aromatic nitrogens is 1. The summed E-state index contributed by atoms with van der Waals surface area (Å²) in [4.78, 5) is 23.1. The molecule has 1 aromatic rings. The summed E-state index contributed by atoms with van der Waals surface area (Å²) < 4.78 is 6.97. The predicted octanol–water partition coefficient (Wildman–Crippen LogP) is 1.59. The highest BCUT2D eigenvalue weighted by atomic mass is 16.5. The third kappa shape index (κ3) is 3.23. The fourth-order valence-corrected chi connectivity index (χ4v) is 2.21. The number of hydrogen-bond donors (Lipinski definition) is 1. The molecule has 104 valence electrons. The van der Waals surface area contributed by atoms with Crippen LogP contribution in [0.1, 0.15) is 34.5 Å². The van der Waals surface area contributed by atoms with Gasteiger partial charge in [0.1, 0.15) is 0 Å². The topological polar surface area (TPSA) is 68.5 Å². The third-order valence-electron chi connectivity index (χ3n) is 3.49. The summed E-state index contributed by atoms with van der Waals surface area (Å²) in [5.41, 5.74) is 1.04. The molecule has 0 aromatic carbocycles. The van der Waals surface area contributed by atoms with Gasteiger partial charge in [-0.2, -0.15) is 0 Å². The zero-order valence-corrected chi connectivity index (χ0v) is 11.3. The van der Waals surface area contributed by atoms with Crippen molar-refractivity contribution < 1.29 is 14.6 Å². The Hall–Kier alpha value is -1.62. The van der Waals surface area contributed by atoms with Crippen molar-refractivity contribution in [2.24, 2.45) is 5.92 Å². The van der Waals surface area contributed by atoms with Gasteiger partial charge in [-0.3, -0.25) is 4.79 Å². The second-order valence-corrected chi connectivity index (χ2v) is 5.10. The van der Waals surface area contributed by atoms with E-state index in [1.807, 2.05) is 0 Å². The highest BCUT2D eigenvalue weighted by molar-refractivity contribution is 5.90. The van der Waals surface area contributed by atoms with Crippen LogP contribution in [0.5, 0.6) is 0 Å². The molecule has 5 heteroatoms. The quantitative estimate of drug-likeness (QED) is 0.793.